The van der Waals surface area contributed by atoms with Crippen molar-refractivity contribution in [2.45, 2.75) is 18.9 Å². The predicted octanol–water partition coefficient (Wildman–Crippen LogP) is 3.92. The third-order valence-electron chi connectivity index (χ3n) is 5.21. The highest BCUT2D eigenvalue weighted by atomic mass is 16.2. The summed E-state index contributed by atoms with van der Waals surface area (Å²) >= 11 is 0. The van der Waals surface area contributed by atoms with Crippen LogP contribution in [0.25, 0.3) is 0 Å². The van der Waals surface area contributed by atoms with Gasteiger partial charge in [-0.1, -0.05) is 54.6 Å². The largest absolute Gasteiger partial charge is 0.336 e. The Morgan fingerprint density at radius 2 is 1.58 bits per heavy atom. The van der Waals surface area contributed by atoms with E-state index in [1.807, 2.05) is 30.3 Å². The summed E-state index contributed by atoms with van der Waals surface area (Å²) in [7, 11) is 0. The van der Waals surface area contributed by atoms with Crippen molar-refractivity contribution in [3.05, 3.63) is 96.1 Å². The first-order chi connectivity index (χ1) is 15.1. The molecule has 0 spiro atoms. The fourth-order valence-electron chi connectivity index (χ4n) is 3.64. The molecule has 1 saturated heterocycles. The standard InChI is InChI=1S/C25H23N3O3/c29-22-15-8-16-28(22)21-14-7-13-20(17-21)26-25(31)23(18-9-3-1-4-10-18)27-24(30)19-11-5-2-6-12-19/h1-7,9-14,17,23H,8,15-16H2,(H,26,31)(H,27,30)/t23-/m1/s1. The fraction of sp³-hybridized carbons (Fsp3) is 0.160. The summed E-state index contributed by atoms with van der Waals surface area (Å²) in [5, 5.41) is 5.72. The normalized spacial score (nSPS) is 14.2. The topological polar surface area (TPSA) is 78.5 Å². The lowest BCUT2D eigenvalue weighted by Crippen LogP contribution is -2.37. The molecule has 31 heavy (non-hydrogen) atoms. The molecular weight excluding hydrogens is 390 g/mol. The number of carbonyl (C=O) groups is 3. The third-order valence-corrected chi connectivity index (χ3v) is 5.21. The highest BCUT2D eigenvalue weighted by Gasteiger charge is 2.25. The summed E-state index contributed by atoms with van der Waals surface area (Å²) in [6, 6.07) is 24.2. The van der Waals surface area contributed by atoms with E-state index in [1.165, 1.54) is 0 Å². The van der Waals surface area contributed by atoms with E-state index in [1.54, 1.807) is 59.5 Å². The Labute approximate surface area is 180 Å². The Bertz CT molecular complexity index is 1080. The lowest BCUT2D eigenvalue weighted by molar-refractivity contribution is -0.118. The Morgan fingerprint density at radius 1 is 0.871 bits per heavy atom. The minimum absolute atomic E-state index is 0.0840. The number of hydrogen-bond acceptors (Lipinski definition) is 3. The van der Waals surface area contributed by atoms with Crippen LogP contribution in [0.2, 0.25) is 0 Å². The molecule has 1 fully saturated rings. The summed E-state index contributed by atoms with van der Waals surface area (Å²) in [6.07, 6.45) is 1.37. The molecule has 3 aromatic carbocycles. The van der Waals surface area contributed by atoms with Gasteiger partial charge in [0, 0.05) is 29.9 Å². The van der Waals surface area contributed by atoms with E-state index >= 15 is 0 Å². The summed E-state index contributed by atoms with van der Waals surface area (Å²) < 4.78 is 0. The van der Waals surface area contributed by atoms with Gasteiger partial charge < -0.3 is 15.5 Å². The second-order valence-electron chi connectivity index (χ2n) is 7.37. The smallest absolute Gasteiger partial charge is 0.252 e. The maximum Gasteiger partial charge on any atom is 0.252 e. The van der Waals surface area contributed by atoms with Crippen molar-refractivity contribution in [3.63, 3.8) is 0 Å². The van der Waals surface area contributed by atoms with Crippen LogP contribution in [-0.2, 0) is 9.59 Å². The fourth-order valence-corrected chi connectivity index (χ4v) is 3.64. The maximum atomic E-state index is 13.2. The monoisotopic (exact) mass is 413 g/mol. The Morgan fingerprint density at radius 3 is 2.26 bits per heavy atom. The minimum Gasteiger partial charge on any atom is -0.336 e. The SMILES string of the molecule is O=C(N[C@@H](C(=O)Nc1cccc(N2CCCC2=O)c1)c1ccccc1)c1ccccc1. The molecule has 1 heterocycles. The average Bonchev–Trinajstić information content (AvgIpc) is 3.24. The minimum atomic E-state index is -0.869. The Balaban J connectivity index is 1.55. The first-order valence-corrected chi connectivity index (χ1v) is 10.2. The number of amides is 3. The van der Waals surface area contributed by atoms with Crippen LogP contribution in [0, 0.1) is 0 Å². The summed E-state index contributed by atoms with van der Waals surface area (Å²) in [4.78, 5) is 39.7. The lowest BCUT2D eigenvalue weighted by Gasteiger charge is -2.20. The van der Waals surface area contributed by atoms with Gasteiger partial charge >= 0.3 is 0 Å². The van der Waals surface area contributed by atoms with Crippen LogP contribution < -0.4 is 15.5 Å². The van der Waals surface area contributed by atoms with E-state index in [-0.39, 0.29) is 17.7 Å². The summed E-state index contributed by atoms with van der Waals surface area (Å²) in [6.45, 7) is 0.677. The molecule has 1 atom stereocenters. The maximum absolute atomic E-state index is 13.2. The van der Waals surface area contributed by atoms with Gasteiger partial charge in [0.25, 0.3) is 11.8 Å². The van der Waals surface area contributed by atoms with Crippen LogP contribution in [0.15, 0.2) is 84.9 Å². The summed E-state index contributed by atoms with van der Waals surface area (Å²) in [5.41, 5.74) is 2.47. The lowest BCUT2D eigenvalue weighted by atomic mass is 10.0. The van der Waals surface area contributed by atoms with E-state index in [2.05, 4.69) is 10.6 Å². The molecule has 0 bridgehead atoms. The van der Waals surface area contributed by atoms with Gasteiger partial charge in [-0.3, -0.25) is 14.4 Å². The van der Waals surface area contributed by atoms with Crippen LogP contribution >= 0.6 is 0 Å². The number of rotatable bonds is 6. The van der Waals surface area contributed by atoms with Crippen molar-refractivity contribution in [1.29, 1.82) is 0 Å². The van der Waals surface area contributed by atoms with Gasteiger partial charge in [-0.05, 0) is 42.3 Å². The van der Waals surface area contributed by atoms with Crippen molar-refractivity contribution in [3.8, 4) is 0 Å². The molecule has 2 N–H and O–H groups in total. The zero-order valence-corrected chi connectivity index (χ0v) is 17.0. The van der Waals surface area contributed by atoms with Gasteiger partial charge in [-0.2, -0.15) is 0 Å². The second-order valence-corrected chi connectivity index (χ2v) is 7.37. The number of nitrogens with one attached hydrogen (secondary N) is 2. The average molecular weight is 413 g/mol. The molecule has 0 aromatic heterocycles. The van der Waals surface area contributed by atoms with E-state index in [4.69, 9.17) is 0 Å². The van der Waals surface area contributed by atoms with E-state index in [0.29, 0.717) is 29.8 Å². The van der Waals surface area contributed by atoms with Gasteiger partial charge in [-0.15, -0.1) is 0 Å². The van der Waals surface area contributed by atoms with Crippen LogP contribution in [0.3, 0.4) is 0 Å². The molecule has 0 unspecified atom stereocenters. The number of anilines is 2. The van der Waals surface area contributed by atoms with Gasteiger partial charge in [0.2, 0.25) is 5.91 Å². The van der Waals surface area contributed by atoms with Crippen molar-refractivity contribution in [1.82, 2.24) is 5.32 Å². The molecule has 0 aliphatic carbocycles. The molecule has 4 rings (SSSR count). The molecule has 6 nitrogen and oxygen atoms in total. The summed E-state index contributed by atoms with van der Waals surface area (Å²) in [5.74, 6) is -0.609. The van der Waals surface area contributed by atoms with E-state index in [9.17, 15) is 14.4 Å². The van der Waals surface area contributed by atoms with E-state index in [0.717, 1.165) is 12.1 Å². The zero-order valence-electron chi connectivity index (χ0n) is 17.0. The van der Waals surface area contributed by atoms with Crippen molar-refractivity contribution < 1.29 is 14.4 Å². The van der Waals surface area contributed by atoms with Gasteiger partial charge in [-0.25, -0.2) is 0 Å². The van der Waals surface area contributed by atoms with Crippen molar-refractivity contribution in [2.24, 2.45) is 0 Å². The van der Waals surface area contributed by atoms with Crippen LogP contribution in [-0.4, -0.2) is 24.3 Å². The molecular formula is C25H23N3O3. The third kappa shape index (κ3) is 4.80. The molecule has 6 heteroatoms. The molecule has 156 valence electrons. The second kappa shape index (κ2) is 9.26. The predicted molar refractivity (Wildman–Crippen MR) is 120 cm³/mol. The quantitative estimate of drug-likeness (QED) is 0.643. The van der Waals surface area contributed by atoms with Crippen molar-refractivity contribution >= 4 is 29.1 Å². The van der Waals surface area contributed by atoms with Crippen LogP contribution in [0.4, 0.5) is 11.4 Å². The highest BCUT2D eigenvalue weighted by molar-refractivity contribution is 6.02. The molecule has 3 amide bonds. The number of carbonyl (C=O) groups excluding carboxylic acids is 3. The molecule has 0 saturated carbocycles. The zero-order chi connectivity index (χ0) is 21.6. The van der Waals surface area contributed by atoms with Gasteiger partial charge in [0.1, 0.15) is 6.04 Å². The molecule has 1 aliphatic heterocycles. The Hall–Kier alpha value is -3.93. The van der Waals surface area contributed by atoms with E-state index < -0.39 is 6.04 Å². The Kier molecular flexibility index (Phi) is 6.08. The van der Waals surface area contributed by atoms with Crippen molar-refractivity contribution in [2.75, 3.05) is 16.8 Å². The van der Waals surface area contributed by atoms with Crippen LogP contribution in [0.5, 0.6) is 0 Å². The van der Waals surface area contributed by atoms with Gasteiger partial charge in [0.15, 0.2) is 0 Å². The first kappa shape index (κ1) is 20.3. The number of hydrogen-bond donors (Lipinski definition) is 2. The first-order valence-electron chi connectivity index (χ1n) is 10.2. The number of nitrogens with zero attached hydrogens (tertiary/aromatic N) is 1. The number of benzene rings is 3. The molecule has 0 radical (unpaired) electrons. The molecule has 3 aromatic rings. The highest BCUT2D eigenvalue weighted by Crippen LogP contribution is 2.25. The molecule has 1 aliphatic rings. The van der Waals surface area contributed by atoms with Gasteiger partial charge in [0.05, 0.1) is 0 Å². The van der Waals surface area contributed by atoms with Crippen LogP contribution in [0.1, 0.15) is 34.8 Å².